The van der Waals surface area contributed by atoms with Crippen LogP contribution in [0.3, 0.4) is 0 Å². The molecule has 5 heteroatoms. The molecule has 0 spiro atoms. The highest BCUT2D eigenvalue weighted by molar-refractivity contribution is 6.08. The van der Waals surface area contributed by atoms with Gasteiger partial charge in [-0.3, -0.25) is 9.59 Å². The van der Waals surface area contributed by atoms with E-state index in [-0.39, 0.29) is 12.3 Å². The Hall–Kier alpha value is -2.40. The molecule has 2 N–H and O–H groups in total. The molecule has 0 saturated heterocycles. The maximum atomic E-state index is 12.4. The highest BCUT2D eigenvalue weighted by atomic mass is 16.4. The zero-order valence-electron chi connectivity index (χ0n) is 10.6. The minimum Gasteiger partial charge on any atom is -0.481 e. The van der Waals surface area contributed by atoms with Crippen LogP contribution < -0.4 is 0 Å². The summed E-state index contributed by atoms with van der Waals surface area (Å²) < 4.78 is 1.60. The van der Waals surface area contributed by atoms with Crippen molar-refractivity contribution >= 4 is 11.8 Å². The van der Waals surface area contributed by atoms with Crippen LogP contribution in [-0.2, 0) is 11.3 Å². The Labute approximate surface area is 115 Å². The Kier molecular flexibility index (Phi) is 2.91. The minimum atomic E-state index is -1.06. The first-order valence-electron chi connectivity index (χ1n) is 6.29. The van der Waals surface area contributed by atoms with Crippen molar-refractivity contribution in [2.24, 2.45) is 5.92 Å². The normalized spacial score (nSPS) is 20.6. The number of carboxylic acid groups (broad SMARTS) is 1. The minimum absolute atomic E-state index is 0.118. The Balaban J connectivity index is 1.98. The van der Waals surface area contributed by atoms with Crippen LogP contribution >= 0.6 is 0 Å². The largest absolute Gasteiger partial charge is 0.481 e. The first-order valence-corrected chi connectivity index (χ1v) is 6.29. The molecule has 1 aromatic carbocycles. The van der Waals surface area contributed by atoms with E-state index in [1.165, 1.54) is 0 Å². The molecule has 2 atom stereocenters. The Morgan fingerprint density at radius 3 is 2.45 bits per heavy atom. The van der Waals surface area contributed by atoms with Gasteiger partial charge in [0.1, 0.15) is 12.0 Å². The number of hydrogen-bond acceptors (Lipinski definition) is 3. The Bertz CT molecular complexity index is 674. The van der Waals surface area contributed by atoms with Crippen molar-refractivity contribution in [2.75, 3.05) is 0 Å². The fourth-order valence-electron chi connectivity index (χ4n) is 2.60. The third-order valence-electron chi connectivity index (χ3n) is 3.66. The molecular formula is C15H13NO4. The van der Waals surface area contributed by atoms with Crippen LogP contribution in [-0.4, -0.2) is 26.5 Å². The molecule has 1 aromatic heterocycles. The van der Waals surface area contributed by atoms with E-state index in [0.29, 0.717) is 17.0 Å². The number of benzene rings is 1. The van der Waals surface area contributed by atoms with Crippen LogP contribution in [0.1, 0.15) is 27.8 Å². The number of aromatic nitrogens is 1. The predicted molar refractivity (Wildman–Crippen MR) is 70.4 cm³/mol. The van der Waals surface area contributed by atoms with E-state index >= 15 is 0 Å². The lowest BCUT2D eigenvalue weighted by molar-refractivity contribution is -0.145. The molecule has 2 unspecified atom stereocenters. The summed E-state index contributed by atoms with van der Waals surface area (Å²) in [5.41, 5.74) is 1.44. The van der Waals surface area contributed by atoms with Gasteiger partial charge in [0.05, 0.1) is 5.69 Å². The maximum Gasteiger partial charge on any atom is 0.311 e. The second-order valence-corrected chi connectivity index (χ2v) is 4.84. The van der Waals surface area contributed by atoms with E-state index in [0.717, 1.165) is 0 Å². The second kappa shape index (κ2) is 4.61. The first kappa shape index (κ1) is 12.6. The van der Waals surface area contributed by atoms with Gasteiger partial charge in [-0.1, -0.05) is 30.3 Å². The molecule has 1 aliphatic heterocycles. The molecule has 3 rings (SSSR count). The van der Waals surface area contributed by atoms with Crippen molar-refractivity contribution < 1.29 is 19.8 Å². The lowest BCUT2D eigenvalue weighted by atomic mass is 10.0. The number of hydrogen-bond donors (Lipinski definition) is 2. The van der Waals surface area contributed by atoms with Gasteiger partial charge in [0.15, 0.2) is 0 Å². The molecular weight excluding hydrogens is 258 g/mol. The van der Waals surface area contributed by atoms with Crippen LogP contribution in [0.15, 0.2) is 42.5 Å². The van der Waals surface area contributed by atoms with Crippen molar-refractivity contribution in [3.05, 3.63) is 59.4 Å². The molecule has 0 saturated carbocycles. The van der Waals surface area contributed by atoms with Gasteiger partial charge in [0.2, 0.25) is 5.78 Å². The van der Waals surface area contributed by atoms with Crippen molar-refractivity contribution in [3.63, 3.8) is 0 Å². The molecule has 2 heterocycles. The van der Waals surface area contributed by atoms with Gasteiger partial charge in [0, 0.05) is 17.8 Å². The summed E-state index contributed by atoms with van der Waals surface area (Å²) in [7, 11) is 0. The van der Waals surface area contributed by atoms with E-state index < -0.39 is 18.0 Å². The molecule has 0 bridgehead atoms. The number of rotatable bonds is 3. The molecule has 1 aliphatic rings. The van der Waals surface area contributed by atoms with E-state index in [9.17, 15) is 14.7 Å². The summed E-state index contributed by atoms with van der Waals surface area (Å²) in [4.78, 5) is 23.5. The fourth-order valence-corrected chi connectivity index (χ4v) is 2.60. The molecule has 0 fully saturated rings. The fraction of sp³-hybridized carbons (Fsp3) is 0.200. The molecule has 5 nitrogen and oxygen atoms in total. The van der Waals surface area contributed by atoms with E-state index in [1.807, 2.05) is 6.07 Å². The number of aliphatic carboxylic acids is 1. The SMILES string of the molecule is O=C(c1ccccc1)c1ccc2n1CC(C(=O)O)C2O. The van der Waals surface area contributed by atoms with Gasteiger partial charge in [-0.05, 0) is 12.1 Å². The van der Waals surface area contributed by atoms with Crippen molar-refractivity contribution in [2.45, 2.75) is 12.6 Å². The summed E-state index contributed by atoms with van der Waals surface area (Å²) in [6.07, 6.45) is -1.06. The van der Waals surface area contributed by atoms with Gasteiger partial charge in [-0.25, -0.2) is 0 Å². The highest BCUT2D eigenvalue weighted by Gasteiger charge is 2.38. The summed E-state index contributed by atoms with van der Waals surface area (Å²) >= 11 is 0. The molecule has 0 aliphatic carbocycles. The van der Waals surface area contributed by atoms with E-state index in [4.69, 9.17) is 5.11 Å². The number of carbonyl (C=O) groups is 2. The van der Waals surface area contributed by atoms with Crippen LogP contribution in [0.4, 0.5) is 0 Å². The summed E-state index contributed by atoms with van der Waals surface area (Å²) in [5, 5.41) is 19.0. The number of carbonyl (C=O) groups excluding carboxylic acids is 1. The molecule has 0 amide bonds. The Morgan fingerprint density at radius 1 is 1.10 bits per heavy atom. The van der Waals surface area contributed by atoms with Gasteiger partial charge in [-0.15, -0.1) is 0 Å². The lowest BCUT2D eigenvalue weighted by Gasteiger charge is -2.08. The van der Waals surface area contributed by atoms with E-state index in [2.05, 4.69) is 0 Å². The van der Waals surface area contributed by atoms with Crippen molar-refractivity contribution in [1.82, 2.24) is 4.57 Å². The number of ketones is 1. The molecule has 2 aromatic rings. The zero-order chi connectivity index (χ0) is 14.3. The zero-order valence-corrected chi connectivity index (χ0v) is 10.6. The number of aliphatic hydroxyl groups is 1. The molecule has 20 heavy (non-hydrogen) atoms. The van der Waals surface area contributed by atoms with Gasteiger partial charge >= 0.3 is 5.97 Å². The van der Waals surface area contributed by atoms with Crippen molar-refractivity contribution in [3.8, 4) is 0 Å². The van der Waals surface area contributed by atoms with Crippen LogP contribution in [0.5, 0.6) is 0 Å². The topological polar surface area (TPSA) is 79.5 Å². The van der Waals surface area contributed by atoms with Gasteiger partial charge < -0.3 is 14.8 Å². The number of fused-ring (bicyclic) bond motifs is 1. The standard InChI is InChI=1S/C15H13NO4/c17-13(9-4-2-1-3-5-9)11-6-7-12-14(18)10(15(19)20)8-16(11)12/h1-7,10,14,18H,8H2,(H,19,20). The van der Waals surface area contributed by atoms with Crippen LogP contribution in [0.2, 0.25) is 0 Å². The average molecular weight is 271 g/mol. The number of nitrogens with zero attached hydrogens (tertiary/aromatic N) is 1. The monoisotopic (exact) mass is 271 g/mol. The van der Waals surface area contributed by atoms with Crippen molar-refractivity contribution in [1.29, 1.82) is 0 Å². The third kappa shape index (κ3) is 1.83. The average Bonchev–Trinajstić information content (AvgIpc) is 3.00. The maximum absolute atomic E-state index is 12.4. The molecule has 0 radical (unpaired) electrons. The second-order valence-electron chi connectivity index (χ2n) is 4.84. The molecule has 102 valence electrons. The number of carboxylic acids is 1. The van der Waals surface area contributed by atoms with E-state index in [1.54, 1.807) is 41.0 Å². The Morgan fingerprint density at radius 2 is 1.80 bits per heavy atom. The smallest absolute Gasteiger partial charge is 0.311 e. The third-order valence-corrected chi connectivity index (χ3v) is 3.66. The summed E-state index contributed by atoms with van der Waals surface area (Å²) in [5.74, 6) is -2.12. The van der Waals surface area contributed by atoms with Gasteiger partial charge in [0.25, 0.3) is 0 Å². The summed E-state index contributed by atoms with van der Waals surface area (Å²) in [6, 6.07) is 12.0. The number of aliphatic hydroxyl groups excluding tert-OH is 1. The predicted octanol–water partition coefficient (Wildman–Crippen LogP) is 1.47. The first-order chi connectivity index (χ1) is 9.59. The quantitative estimate of drug-likeness (QED) is 0.828. The lowest BCUT2D eigenvalue weighted by Crippen LogP contribution is -2.19. The highest BCUT2D eigenvalue weighted by Crippen LogP contribution is 2.34. The van der Waals surface area contributed by atoms with Gasteiger partial charge in [-0.2, -0.15) is 0 Å². The summed E-state index contributed by atoms with van der Waals surface area (Å²) in [6.45, 7) is 0.118. The van der Waals surface area contributed by atoms with Crippen LogP contribution in [0, 0.1) is 5.92 Å². The van der Waals surface area contributed by atoms with Crippen LogP contribution in [0.25, 0.3) is 0 Å².